The van der Waals surface area contributed by atoms with Gasteiger partial charge in [-0.1, -0.05) is 0 Å². The minimum atomic E-state index is -1.25. The highest BCUT2D eigenvalue weighted by atomic mass is 16.9. The zero-order valence-electron chi connectivity index (χ0n) is 17.3. The van der Waals surface area contributed by atoms with Crippen LogP contribution >= 0.6 is 0 Å². The number of alkyl carbamates (subject to hydrolysis) is 1. The molecule has 0 radical (unpaired) electrons. The van der Waals surface area contributed by atoms with Gasteiger partial charge in [-0.15, -0.1) is 0 Å². The molecule has 1 heterocycles. The number of hydrogen-bond acceptors (Lipinski definition) is 7. The molecular weight excluding hydrogens is 356 g/mol. The first-order chi connectivity index (χ1) is 12.2. The molecule has 0 aromatic carbocycles. The fraction of sp³-hybridized carbons (Fsp3) is 0.833. The molecule has 0 saturated carbocycles. The summed E-state index contributed by atoms with van der Waals surface area (Å²) in [5.41, 5.74) is -1.16. The maximum Gasteiger partial charge on any atom is 0.536 e. The molecule has 0 spiro atoms. The third-order valence-corrected chi connectivity index (χ3v) is 3.56. The molecule has 1 rings (SSSR count). The van der Waals surface area contributed by atoms with Crippen LogP contribution in [0, 0.1) is 0 Å². The predicted octanol–water partition coefficient (Wildman–Crippen LogP) is 3.12. The van der Waals surface area contributed by atoms with E-state index in [2.05, 4.69) is 5.32 Å². The van der Waals surface area contributed by atoms with E-state index in [4.69, 9.17) is 19.0 Å². The maximum atomic E-state index is 11.9. The summed E-state index contributed by atoms with van der Waals surface area (Å²) < 4.78 is 15.9. The van der Waals surface area contributed by atoms with Gasteiger partial charge in [0.05, 0.1) is 13.2 Å². The van der Waals surface area contributed by atoms with Gasteiger partial charge in [0.2, 0.25) is 5.79 Å². The van der Waals surface area contributed by atoms with Crippen LogP contribution in [-0.4, -0.2) is 53.3 Å². The smallest absolute Gasteiger partial charge is 0.444 e. The topological polar surface area (TPSA) is 103 Å². The summed E-state index contributed by atoms with van der Waals surface area (Å²) in [7, 11) is 0. The summed E-state index contributed by atoms with van der Waals surface area (Å²) in [5, 5.41) is 3.77. The Hall–Kier alpha value is -2.03. The van der Waals surface area contributed by atoms with Crippen molar-refractivity contribution in [1.29, 1.82) is 0 Å². The molecule has 9 heteroatoms. The van der Waals surface area contributed by atoms with Crippen molar-refractivity contribution in [3.05, 3.63) is 0 Å². The normalized spacial score (nSPS) is 15.5. The number of nitrogens with zero attached hydrogens (tertiary/aromatic N) is 1. The fourth-order valence-electron chi connectivity index (χ4n) is 2.25. The molecule has 1 saturated heterocycles. The standard InChI is InChI=1S/C18H32N2O7/c1-16(2,3)25-14(22)19-17(4,5)10-12-24-18(6,7)26-15(23)27-20-11-8-9-13(20)21/h8-12H2,1-7H3,(H,19,22). The lowest BCUT2D eigenvalue weighted by Crippen LogP contribution is -2.47. The number of ether oxygens (including phenoxy) is 3. The lowest BCUT2D eigenvalue weighted by atomic mass is 10.0. The van der Waals surface area contributed by atoms with E-state index in [9.17, 15) is 14.4 Å². The van der Waals surface area contributed by atoms with Gasteiger partial charge in [0.25, 0.3) is 5.91 Å². The van der Waals surface area contributed by atoms with Crippen molar-refractivity contribution in [2.45, 2.75) is 84.7 Å². The number of nitrogens with one attached hydrogen (secondary N) is 1. The Kier molecular flexibility index (Phi) is 7.48. The molecule has 0 aromatic rings. The zero-order chi connectivity index (χ0) is 20.9. The Morgan fingerprint density at radius 3 is 2.22 bits per heavy atom. The van der Waals surface area contributed by atoms with Crippen molar-refractivity contribution in [2.75, 3.05) is 13.2 Å². The summed E-state index contributed by atoms with van der Waals surface area (Å²) in [6.45, 7) is 12.7. The first-order valence-corrected chi connectivity index (χ1v) is 9.06. The summed E-state index contributed by atoms with van der Waals surface area (Å²) >= 11 is 0. The van der Waals surface area contributed by atoms with E-state index in [0.717, 1.165) is 5.06 Å². The first-order valence-electron chi connectivity index (χ1n) is 9.06. The van der Waals surface area contributed by atoms with E-state index in [1.54, 1.807) is 34.6 Å². The second-order valence-corrected chi connectivity index (χ2v) is 8.55. The van der Waals surface area contributed by atoms with Crippen molar-refractivity contribution >= 4 is 18.2 Å². The highest BCUT2D eigenvalue weighted by Crippen LogP contribution is 2.18. The Labute approximate surface area is 160 Å². The van der Waals surface area contributed by atoms with E-state index in [1.165, 1.54) is 0 Å². The van der Waals surface area contributed by atoms with Gasteiger partial charge in [-0.3, -0.25) is 4.79 Å². The van der Waals surface area contributed by atoms with Crippen molar-refractivity contribution < 1.29 is 33.4 Å². The average Bonchev–Trinajstić information content (AvgIpc) is 2.79. The van der Waals surface area contributed by atoms with Gasteiger partial charge in [-0.05, 0) is 47.5 Å². The maximum absolute atomic E-state index is 11.9. The quantitative estimate of drug-likeness (QED) is 0.528. The second-order valence-electron chi connectivity index (χ2n) is 8.55. The third kappa shape index (κ3) is 9.46. The lowest BCUT2D eigenvalue weighted by Gasteiger charge is -2.30. The molecule has 1 aliphatic rings. The Morgan fingerprint density at radius 2 is 1.70 bits per heavy atom. The number of carbonyl (C=O) groups is 3. The molecule has 2 amide bonds. The van der Waals surface area contributed by atoms with Gasteiger partial charge >= 0.3 is 12.2 Å². The monoisotopic (exact) mass is 388 g/mol. The van der Waals surface area contributed by atoms with Gasteiger partial charge in [-0.25, -0.2) is 9.59 Å². The van der Waals surface area contributed by atoms with Gasteiger partial charge < -0.3 is 24.4 Å². The molecule has 0 unspecified atom stereocenters. The highest BCUT2D eigenvalue weighted by Gasteiger charge is 2.31. The molecule has 0 aromatic heterocycles. The SMILES string of the molecule is CC(C)(CCOC(C)(C)OC(=O)ON1CCCC1=O)NC(=O)OC(C)(C)C. The van der Waals surface area contributed by atoms with Crippen LogP contribution in [0.1, 0.15) is 67.7 Å². The predicted molar refractivity (Wildman–Crippen MR) is 96.6 cm³/mol. The van der Waals surface area contributed by atoms with Crippen LogP contribution < -0.4 is 5.32 Å². The average molecular weight is 388 g/mol. The Morgan fingerprint density at radius 1 is 1.07 bits per heavy atom. The molecule has 0 aliphatic carbocycles. The van der Waals surface area contributed by atoms with E-state index in [1.807, 2.05) is 13.8 Å². The van der Waals surface area contributed by atoms with Crippen molar-refractivity contribution in [1.82, 2.24) is 10.4 Å². The van der Waals surface area contributed by atoms with E-state index >= 15 is 0 Å². The third-order valence-electron chi connectivity index (χ3n) is 3.56. The molecular formula is C18H32N2O7. The Bertz CT molecular complexity index is 552. The summed E-state index contributed by atoms with van der Waals surface area (Å²) in [5.74, 6) is -1.50. The lowest BCUT2D eigenvalue weighted by molar-refractivity contribution is -0.215. The molecule has 9 nitrogen and oxygen atoms in total. The number of rotatable bonds is 7. The van der Waals surface area contributed by atoms with Gasteiger partial charge in [0.1, 0.15) is 5.60 Å². The van der Waals surface area contributed by atoms with Crippen LogP contribution in [0.25, 0.3) is 0 Å². The van der Waals surface area contributed by atoms with Crippen LogP contribution in [-0.2, 0) is 23.8 Å². The molecule has 1 fully saturated rings. The summed E-state index contributed by atoms with van der Waals surface area (Å²) in [4.78, 5) is 40.0. The first kappa shape index (κ1) is 23.0. The molecule has 156 valence electrons. The van der Waals surface area contributed by atoms with Crippen molar-refractivity contribution in [2.24, 2.45) is 0 Å². The number of amides is 2. The highest BCUT2D eigenvalue weighted by molar-refractivity contribution is 5.78. The zero-order valence-corrected chi connectivity index (χ0v) is 17.3. The van der Waals surface area contributed by atoms with Crippen LogP contribution in [0.3, 0.4) is 0 Å². The van der Waals surface area contributed by atoms with Gasteiger partial charge in [-0.2, -0.15) is 5.06 Å². The van der Waals surface area contributed by atoms with E-state index in [-0.39, 0.29) is 12.5 Å². The van der Waals surface area contributed by atoms with E-state index in [0.29, 0.717) is 25.8 Å². The second kappa shape index (κ2) is 8.77. The molecule has 1 N–H and O–H groups in total. The number of carbonyl (C=O) groups excluding carboxylic acids is 3. The minimum absolute atomic E-state index is 0.214. The molecule has 0 bridgehead atoms. The van der Waals surface area contributed by atoms with Gasteiger partial charge in [0.15, 0.2) is 0 Å². The van der Waals surface area contributed by atoms with Crippen LogP contribution in [0.2, 0.25) is 0 Å². The van der Waals surface area contributed by atoms with Gasteiger partial charge in [0, 0.05) is 25.8 Å². The minimum Gasteiger partial charge on any atom is -0.444 e. The largest absolute Gasteiger partial charge is 0.536 e. The summed E-state index contributed by atoms with van der Waals surface area (Å²) in [6, 6.07) is 0. The molecule has 27 heavy (non-hydrogen) atoms. The van der Waals surface area contributed by atoms with Crippen molar-refractivity contribution in [3.8, 4) is 0 Å². The van der Waals surface area contributed by atoms with E-state index < -0.39 is 29.2 Å². The number of hydroxylamine groups is 2. The summed E-state index contributed by atoms with van der Waals surface area (Å²) in [6.07, 6.45) is -0.0552. The Balaban J connectivity index is 2.38. The molecule has 1 aliphatic heterocycles. The molecule has 0 atom stereocenters. The van der Waals surface area contributed by atoms with Crippen LogP contribution in [0.15, 0.2) is 0 Å². The van der Waals surface area contributed by atoms with Crippen molar-refractivity contribution in [3.63, 3.8) is 0 Å². The fourth-order valence-corrected chi connectivity index (χ4v) is 2.25. The van der Waals surface area contributed by atoms with Crippen LogP contribution in [0.4, 0.5) is 9.59 Å². The number of hydrogen-bond donors (Lipinski definition) is 1. The van der Waals surface area contributed by atoms with Crippen LogP contribution in [0.5, 0.6) is 0 Å².